The maximum Gasteiger partial charge on any atom is 0.542 e. The molecule has 0 saturated heterocycles. The number of unbranched alkanes of at least 4 members (excludes halogenated alkanes) is 1. The average molecular weight is 242 g/mol. The van der Waals surface area contributed by atoms with Gasteiger partial charge in [0.2, 0.25) is 0 Å². The summed E-state index contributed by atoms with van der Waals surface area (Å²) in [7, 11) is -5.21. The van der Waals surface area contributed by atoms with Crippen LogP contribution in [0.15, 0.2) is 0 Å². The summed E-state index contributed by atoms with van der Waals surface area (Å²) in [6, 6.07) is 0. The Morgan fingerprint density at radius 1 is 1.40 bits per heavy atom. The molecule has 0 aromatic carbocycles. The number of alkyl halides is 3. The van der Waals surface area contributed by atoms with Crippen LogP contribution in [0, 0.1) is 24.4 Å². The lowest BCUT2D eigenvalue weighted by Crippen LogP contribution is -2.11. The van der Waals surface area contributed by atoms with Gasteiger partial charge in [-0.3, -0.25) is 4.89 Å². The largest absolute Gasteiger partial charge is 0.542 e. The van der Waals surface area contributed by atoms with E-state index in [-0.39, 0.29) is 12.8 Å². The molecule has 0 aromatic heterocycles. The van der Waals surface area contributed by atoms with E-state index in [2.05, 4.69) is 20.9 Å². The Morgan fingerprint density at radius 3 is 2.47 bits per heavy atom. The van der Waals surface area contributed by atoms with Crippen molar-refractivity contribution in [1.82, 2.24) is 0 Å². The van der Waals surface area contributed by atoms with Crippen LogP contribution >= 0.6 is 7.82 Å². The van der Waals surface area contributed by atoms with E-state index < -0.39 is 14.2 Å². The van der Waals surface area contributed by atoms with Gasteiger partial charge in [-0.1, -0.05) is 5.92 Å². The van der Waals surface area contributed by atoms with Crippen molar-refractivity contribution in [3.63, 3.8) is 0 Å². The van der Waals surface area contributed by atoms with Crippen LogP contribution < -0.4 is 0 Å². The molecule has 0 rings (SSSR count). The molecular formula is C7H6F3O4P. The standard InChI is InChI=1S/C7H6F3O4P/c1-2-3-4-5-6-13-15(11,12)14-7(8,9)10/h1H,3-4H2,(H,11,12). The smallest absolute Gasteiger partial charge is 0.350 e. The highest BCUT2D eigenvalue weighted by molar-refractivity contribution is 7.47. The first-order valence-electron chi connectivity index (χ1n) is 3.47. The van der Waals surface area contributed by atoms with Gasteiger partial charge in [-0.05, 0) is 0 Å². The van der Waals surface area contributed by atoms with E-state index in [9.17, 15) is 17.7 Å². The topological polar surface area (TPSA) is 55.8 Å². The van der Waals surface area contributed by atoms with Gasteiger partial charge < -0.3 is 4.52 Å². The molecule has 0 spiro atoms. The minimum Gasteiger partial charge on any atom is -0.350 e. The molecule has 4 nitrogen and oxygen atoms in total. The van der Waals surface area contributed by atoms with E-state index >= 15 is 0 Å². The van der Waals surface area contributed by atoms with Crippen LogP contribution in [-0.4, -0.2) is 11.3 Å². The minimum absolute atomic E-state index is 0.141. The van der Waals surface area contributed by atoms with Gasteiger partial charge >= 0.3 is 14.2 Å². The van der Waals surface area contributed by atoms with Crippen LogP contribution in [0.25, 0.3) is 0 Å². The summed E-state index contributed by atoms with van der Waals surface area (Å²) >= 11 is 0. The van der Waals surface area contributed by atoms with Crippen LogP contribution in [0.2, 0.25) is 0 Å². The fourth-order valence-corrected chi connectivity index (χ4v) is 0.904. The second kappa shape index (κ2) is 5.67. The van der Waals surface area contributed by atoms with Crippen LogP contribution in [0.3, 0.4) is 0 Å². The molecule has 0 radical (unpaired) electrons. The molecule has 1 unspecified atom stereocenters. The van der Waals surface area contributed by atoms with Gasteiger partial charge in [0, 0.05) is 12.8 Å². The third-order valence-corrected chi connectivity index (χ3v) is 1.61. The third-order valence-electron chi connectivity index (χ3n) is 0.846. The van der Waals surface area contributed by atoms with Gasteiger partial charge in [0.15, 0.2) is 0 Å². The molecule has 0 fully saturated rings. The maximum atomic E-state index is 11.5. The molecule has 8 heteroatoms. The Balaban J connectivity index is 4.10. The van der Waals surface area contributed by atoms with Gasteiger partial charge in [-0.2, -0.15) is 4.52 Å². The van der Waals surface area contributed by atoms with Crippen LogP contribution in [-0.2, 0) is 13.6 Å². The summed E-state index contributed by atoms with van der Waals surface area (Å²) in [6.07, 6.45) is 1.58. The number of rotatable bonds is 3. The lowest BCUT2D eigenvalue weighted by molar-refractivity contribution is -0.281. The Kier molecular flexibility index (Phi) is 5.24. The van der Waals surface area contributed by atoms with E-state index in [1.54, 1.807) is 6.11 Å². The summed E-state index contributed by atoms with van der Waals surface area (Å²) in [6.45, 7) is 0. The minimum atomic E-state index is -5.26. The zero-order chi connectivity index (χ0) is 11.9. The normalized spacial score (nSPS) is 14.3. The van der Waals surface area contributed by atoms with Crippen molar-refractivity contribution in [2.75, 3.05) is 0 Å². The third kappa shape index (κ3) is 9.17. The maximum absolute atomic E-state index is 11.5. The molecular weight excluding hydrogens is 236 g/mol. The fourth-order valence-electron chi connectivity index (χ4n) is 0.425. The molecule has 15 heavy (non-hydrogen) atoms. The zero-order valence-corrected chi connectivity index (χ0v) is 8.14. The highest BCUT2D eigenvalue weighted by atomic mass is 31.2. The van der Waals surface area contributed by atoms with Gasteiger partial charge in [0.1, 0.15) is 6.11 Å². The summed E-state index contributed by atoms with van der Waals surface area (Å²) in [4.78, 5) is 8.45. The second-order valence-electron chi connectivity index (χ2n) is 2.08. The summed E-state index contributed by atoms with van der Waals surface area (Å²) in [5, 5.41) is 0. The van der Waals surface area contributed by atoms with E-state index in [4.69, 9.17) is 11.3 Å². The van der Waals surface area contributed by atoms with Crippen LogP contribution in [0.4, 0.5) is 13.2 Å². The number of phosphoric ester groups is 1. The molecule has 0 aliphatic carbocycles. The molecule has 1 N–H and O–H groups in total. The van der Waals surface area contributed by atoms with E-state index in [1.807, 2.05) is 0 Å². The molecule has 84 valence electrons. The molecule has 0 aromatic rings. The molecule has 0 saturated carbocycles. The van der Waals surface area contributed by atoms with Crippen molar-refractivity contribution in [3.05, 3.63) is 0 Å². The molecule has 0 aliphatic rings. The SMILES string of the molecule is C#CCCC#COP(=O)(O)OC(F)(F)F. The Labute approximate surface area is 84.0 Å². The summed E-state index contributed by atoms with van der Waals surface area (Å²) in [5.74, 6) is 4.34. The number of terminal acetylenes is 1. The lowest BCUT2D eigenvalue weighted by atomic mass is 10.3. The van der Waals surface area contributed by atoms with Crippen molar-refractivity contribution >= 4 is 7.82 Å². The van der Waals surface area contributed by atoms with Crippen molar-refractivity contribution in [3.8, 4) is 24.4 Å². The quantitative estimate of drug-likeness (QED) is 0.467. The van der Waals surface area contributed by atoms with E-state index in [1.165, 1.54) is 0 Å². The van der Waals surface area contributed by atoms with Gasteiger partial charge in [-0.25, -0.2) is 4.57 Å². The number of hydrogen-bond donors (Lipinski definition) is 1. The highest BCUT2D eigenvalue weighted by Crippen LogP contribution is 2.48. The lowest BCUT2D eigenvalue weighted by Gasteiger charge is -2.09. The van der Waals surface area contributed by atoms with Crippen LogP contribution in [0.1, 0.15) is 12.8 Å². The predicted octanol–water partition coefficient (Wildman–Crippen LogP) is 2.01. The van der Waals surface area contributed by atoms with Gasteiger partial charge in [-0.15, -0.1) is 25.5 Å². The molecule has 1 atom stereocenters. The fraction of sp³-hybridized carbons (Fsp3) is 0.429. The Bertz CT molecular complexity index is 346. The number of hydrogen-bond acceptors (Lipinski definition) is 3. The Morgan fingerprint density at radius 2 is 2.00 bits per heavy atom. The van der Waals surface area contributed by atoms with Crippen molar-refractivity contribution in [1.29, 1.82) is 0 Å². The van der Waals surface area contributed by atoms with Crippen LogP contribution in [0.5, 0.6) is 0 Å². The summed E-state index contributed by atoms with van der Waals surface area (Å²) < 4.78 is 51.4. The van der Waals surface area contributed by atoms with Crippen molar-refractivity contribution < 1.29 is 31.7 Å². The Hall–Kier alpha value is -1.14. The zero-order valence-electron chi connectivity index (χ0n) is 7.24. The predicted molar refractivity (Wildman–Crippen MR) is 43.9 cm³/mol. The van der Waals surface area contributed by atoms with E-state index in [0.29, 0.717) is 0 Å². The number of phosphoric acid groups is 1. The number of halogens is 3. The highest BCUT2D eigenvalue weighted by Gasteiger charge is 2.41. The summed E-state index contributed by atoms with van der Waals surface area (Å²) in [5.41, 5.74) is 0. The first-order valence-corrected chi connectivity index (χ1v) is 4.96. The molecule has 0 bridgehead atoms. The van der Waals surface area contributed by atoms with E-state index in [0.717, 1.165) is 0 Å². The first-order chi connectivity index (χ1) is 6.77. The molecule has 0 heterocycles. The first kappa shape index (κ1) is 13.9. The molecule has 0 amide bonds. The average Bonchev–Trinajstić information content (AvgIpc) is 1.99. The van der Waals surface area contributed by atoms with Gasteiger partial charge in [0.05, 0.1) is 0 Å². The molecule has 0 aliphatic heterocycles. The van der Waals surface area contributed by atoms with Crippen molar-refractivity contribution in [2.45, 2.75) is 19.2 Å². The monoisotopic (exact) mass is 242 g/mol. The van der Waals surface area contributed by atoms with Crippen molar-refractivity contribution in [2.24, 2.45) is 0 Å². The van der Waals surface area contributed by atoms with Gasteiger partial charge in [0.25, 0.3) is 0 Å². The second-order valence-corrected chi connectivity index (χ2v) is 3.38.